The summed E-state index contributed by atoms with van der Waals surface area (Å²) in [6.45, 7) is 0. The molecule has 0 atom stereocenters. The van der Waals surface area contributed by atoms with Gasteiger partial charge in [-0.2, -0.15) is 0 Å². The number of aliphatic imine (C=N–C) groups is 1. The number of hydrazine groups is 1. The number of nitrogens with two attached hydrogens (primary N) is 1. The lowest BCUT2D eigenvalue weighted by Gasteiger charge is -2.22. The van der Waals surface area contributed by atoms with Crippen LogP contribution in [0.1, 0.15) is 56.1 Å². The Balaban J connectivity index is 1.76. The predicted octanol–water partition coefficient (Wildman–Crippen LogP) is 3.13. The number of hydrogen-bond donors (Lipinski definition) is 3. The van der Waals surface area contributed by atoms with Gasteiger partial charge in [-0.1, -0.05) is 31.4 Å². The SMILES string of the molecule is NNC(=NC1CCCCC1)Nc1cccc2c1CCCC2. The number of aryl methyl sites for hydroxylation is 1. The van der Waals surface area contributed by atoms with E-state index in [0.717, 1.165) is 6.42 Å². The lowest BCUT2D eigenvalue weighted by molar-refractivity contribution is 0.442. The molecule has 0 unspecified atom stereocenters. The van der Waals surface area contributed by atoms with E-state index in [1.807, 2.05) is 0 Å². The van der Waals surface area contributed by atoms with E-state index < -0.39 is 0 Å². The molecule has 0 radical (unpaired) electrons. The van der Waals surface area contributed by atoms with Gasteiger partial charge < -0.3 is 5.32 Å². The molecule has 114 valence electrons. The molecule has 4 heteroatoms. The summed E-state index contributed by atoms with van der Waals surface area (Å²) in [7, 11) is 0. The third kappa shape index (κ3) is 3.56. The number of fused-ring (bicyclic) bond motifs is 1. The second-order valence-corrected chi connectivity index (χ2v) is 6.19. The first-order valence-electron chi connectivity index (χ1n) is 8.29. The maximum absolute atomic E-state index is 5.67. The Morgan fingerprint density at radius 1 is 1.05 bits per heavy atom. The van der Waals surface area contributed by atoms with Crippen molar-refractivity contribution in [1.82, 2.24) is 5.43 Å². The van der Waals surface area contributed by atoms with Gasteiger partial charge in [0.15, 0.2) is 0 Å². The summed E-state index contributed by atoms with van der Waals surface area (Å²) in [5.41, 5.74) is 6.82. The topological polar surface area (TPSA) is 62.4 Å². The van der Waals surface area contributed by atoms with Crippen LogP contribution in [0.25, 0.3) is 0 Å². The van der Waals surface area contributed by atoms with Crippen LogP contribution in [0, 0.1) is 0 Å². The minimum absolute atomic E-state index is 0.414. The number of anilines is 1. The van der Waals surface area contributed by atoms with Crippen LogP contribution >= 0.6 is 0 Å². The Bertz CT molecular complexity index is 504. The van der Waals surface area contributed by atoms with Gasteiger partial charge in [-0.05, 0) is 55.7 Å². The molecule has 2 aliphatic rings. The lowest BCUT2D eigenvalue weighted by atomic mass is 9.90. The smallest absolute Gasteiger partial charge is 0.210 e. The number of nitrogens with zero attached hydrogens (tertiary/aromatic N) is 1. The molecule has 0 amide bonds. The van der Waals surface area contributed by atoms with Gasteiger partial charge in [0.25, 0.3) is 0 Å². The summed E-state index contributed by atoms with van der Waals surface area (Å²) in [6, 6.07) is 6.92. The Morgan fingerprint density at radius 2 is 1.86 bits per heavy atom. The van der Waals surface area contributed by atoms with Crippen LogP contribution in [0.4, 0.5) is 5.69 Å². The van der Waals surface area contributed by atoms with E-state index in [4.69, 9.17) is 10.8 Å². The summed E-state index contributed by atoms with van der Waals surface area (Å²) < 4.78 is 0. The largest absolute Gasteiger partial charge is 0.325 e. The molecule has 0 aliphatic heterocycles. The maximum atomic E-state index is 5.67. The Kier molecular flexibility index (Phi) is 4.76. The van der Waals surface area contributed by atoms with Crippen molar-refractivity contribution >= 4 is 11.6 Å². The van der Waals surface area contributed by atoms with Crippen molar-refractivity contribution in [3.8, 4) is 0 Å². The third-order valence-corrected chi connectivity index (χ3v) is 4.67. The van der Waals surface area contributed by atoms with Gasteiger partial charge in [-0.25, -0.2) is 10.8 Å². The molecule has 4 nitrogen and oxygen atoms in total. The third-order valence-electron chi connectivity index (χ3n) is 4.67. The highest BCUT2D eigenvalue weighted by Crippen LogP contribution is 2.28. The summed E-state index contributed by atoms with van der Waals surface area (Å²) in [5.74, 6) is 6.38. The number of guanidine groups is 1. The van der Waals surface area contributed by atoms with E-state index in [-0.39, 0.29) is 0 Å². The van der Waals surface area contributed by atoms with Crippen molar-refractivity contribution in [1.29, 1.82) is 0 Å². The molecule has 3 rings (SSSR count). The second-order valence-electron chi connectivity index (χ2n) is 6.19. The molecule has 1 saturated carbocycles. The molecule has 4 N–H and O–H groups in total. The predicted molar refractivity (Wildman–Crippen MR) is 88.3 cm³/mol. The minimum Gasteiger partial charge on any atom is -0.325 e. The highest BCUT2D eigenvalue weighted by molar-refractivity contribution is 5.94. The minimum atomic E-state index is 0.414. The molecular weight excluding hydrogens is 260 g/mol. The van der Waals surface area contributed by atoms with Gasteiger partial charge in [-0.3, -0.25) is 5.43 Å². The van der Waals surface area contributed by atoms with E-state index in [9.17, 15) is 0 Å². The normalized spacial score (nSPS) is 20.0. The van der Waals surface area contributed by atoms with Crippen molar-refractivity contribution in [3.05, 3.63) is 29.3 Å². The first kappa shape index (κ1) is 14.4. The summed E-state index contributed by atoms with van der Waals surface area (Å²) >= 11 is 0. The zero-order chi connectivity index (χ0) is 14.5. The van der Waals surface area contributed by atoms with E-state index in [1.165, 1.54) is 68.2 Å². The molecule has 1 aromatic rings. The number of benzene rings is 1. The summed E-state index contributed by atoms with van der Waals surface area (Å²) in [5, 5.41) is 3.42. The molecule has 0 saturated heterocycles. The van der Waals surface area contributed by atoms with E-state index in [2.05, 4.69) is 28.9 Å². The maximum Gasteiger partial charge on any atom is 0.210 e. The first-order valence-corrected chi connectivity index (χ1v) is 8.29. The van der Waals surface area contributed by atoms with Gasteiger partial charge in [0.1, 0.15) is 0 Å². The molecule has 1 aromatic carbocycles. The average molecular weight is 286 g/mol. The van der Waals surface area contributed by atoms with Crippen LogP contribution in [-0.4, -0.2) is 12.0 Å². The van der Waals surface area contributed by atoms with Gasteiger partial charge >= 0.3 is 0 Å². The fourth-order valence-corrected chi connectivity index (χ4v) is 3.52. The van der Waals surface area contributed by atoms with E-state index in [1.54, 1.807) is 0 Å². The molecule has 1 fully saturated rings. The van der Waals surface area contributed by atoms with Crippen molar-refractivity contribution in [2.24, 2.45) is 10.8 Å². The monoisotopic (exact) mass is 286 g/mol. The number of rotatable bonds is 2. The zero-order valence-electron chi connectivity index (χ0n) is 12.7. The Labute approximate surface area is 127 Å². The molecule has 0 spiro atoms. The van der Waals surface area contributed by atoms with Crippen molar-refractivity contribution < 1.29 is 0 Å². The molecule has 0 aromatic heterocycles. The van der Waals surface area contributed by atoms with Gasteiger partial charge in [0, 0.05) is 5.69 Å². The fourth-order valence-electron chi connectivity index (χ4n) is 3.52. The van der Waals surface area contributed by atoms with Crippen molar-refractivity contribution in [2.75, 3.05) is 5.32 Å². The van der Waals surface area contributed by atoms with Crippen molar-refractivity contribution in [3.63, 3.8) is 0 Å². The van der Waals surface area contributed by atoms with Crippen LogP contribution in [-0.2, 0) is 12.8 Å². The van der Waals surface area contributed by atoms with Crippen LogP contribution in [0.2, 0.25) is 0 Å². The zero-order valence-corrected chi connectivity index (χ0v) is 12.7. The second kappa shape index (κ2) is 6.94. The first-order chi connectivity index (χ1) is 10.4. The number of nitrogens with one attached hydrogen (secondary N) is 2. The molecule has 0 heterocycles. The van der Waals surface area contributed by atoms with E-state index in [0.29, 0.717) is 12.0 Å². The quantitative estimate of drug-likeness (QED) is 0.339. The average Bonchev–Trinajstić information content (AvgIpc) is 2.55. The van der Waals surface area contributed by atoms with Crippen LogP contribution < -0.4 is 16.6 Å². The van der Waals surface area contributed by atoms with Gasteiger partial charge in [-0.15, -0.1) is 0 Å². The number of hydrogen-bond acceptors (Lipinski definition) is 2. The molecular formula is C17H26N4. The van der Waals surface area contributed by atoms with Gasteiger partial charge in [0.05, 0.1) is 6.04 Å². The van der Waals surface area contributed by atoms with Crippen LogP contribution in [0.5, 0.6) is 0 Å². The van der Waals surface area contributed by atoms with E-state index >= 15 is 0 Å². The van der Waals surface area contributed by atoms with Crippen LogP contribution in [0.3, 0.4) is 0 Å². The summed E-state index contributed by atoms with van der Waals surface area (Å²) in [6.07, 6.45) is 11.2. The Morgan fingerprint density at radius 3 is 2.67 bits per heavy atom. The molecule has 2 aliphatic carbocycles. The molecule has 21 heavy (non-hydrogen) atoms. The summed E-state index contributed by atoms with van der Waals surface area (Å²) in [4.78, 5) is 4.77. The standard InChI is InChI=1S/C17H26N4/c18-21-17(19-14-9-2-1-3-10-14)20-16-12-6-8-13-7-4-5-11-15(13)16/h6,8,12,14H,1-5,7,9-11,18H2,(H2,19,20,21). The van der Waals surface area contributed by atoms with Crippen LogP contribution in [0.15, 0.2) is 23.2 Å². The van der Waals surface area contributed by atoms with Crippen molar-refractivity contribution in [2.45, 2.75) is 63.8 Å². The lowest BCUT2D eigenvalue weighted by Crippen LogP contribution is -2.38. The Hall–Kier alpha value is -1.55. The fraction of sp³-hybridized carbons (Fsp3) is 0.588. The highest BCUT2D eigenvalue weighted by atomic mass is 15.3. The highest BCUT2D eigenvalue weighted by Gasteiger charge is 2.16. The molecule has 0 bridgehead atoms. The van der Waals surface area contributed by atoms with Gasteiger partial charge in [0.2, 0.25) is 5.96 Å².